The molecule has 0 aromatic carbocycles. The number of hydrogen-bond donors (Lipinski definition) is 0. The molecule has 0 nitrogen and oxygen atoms in total. The first-order valence-electron chi connectivity index (χ1n) is 3.29. The molecule has 0 heterocycles. The minimum absolute atomic E-state index is 0.544. The molecule has 1 aliphatic carbocycles. The van der Waals surface area contributed by atoms with E-state index < -0.39 is 0 Å². The molecule has 0 aromatic rings. The highest BCUT2D eigenvalue weighted by molar-refractivity contribution is 9.12. The van der Waals surface area contributed by atoms with Crippen LogP contribution in [-0.4, -0.2) is 9.65 Å². The van der Waals surface area contributed by atoms with E-state index in [1.165, 1.54) is 12.8 Å². The van der Waals surface area contributed by atoms with Crippen LogP contribution in [0.1, 0.15) is 26.7 Å². The topological polar surface area (TPSA) is 0 Å². The Hall–Kier alpha value is 0.960. The van der Waals surface area contributed by atoms with Crippen molar-refractivity contribution < 1.29 is 0 Å². The number of halogens is 2. The van der Waals surface area contributed by atoms with E-state index in [4.69, 9.17) is 0 Å². The van der Waals surface area contributed by atoms with Gasteiger partial charge in [0.15, 0.2) is 0 Å². The van der Waals surface area contributed by atoms with E-state index in [0.717, 1.165) is 0 Å². The van der Waals surface area contributed by atoms with Crippen LogP contribution in [0.5, 0.6) is 0 Å². The van der Waals surface area contributed by atoms with Crippen LogP contribution in [0.4, 0.5) is 0 Å². The molecule has 0 radical (unpaired) electrons. The van der Waals surface area contributed by atoms with Crippen molar-refractivity contribution >= 4 is 31.9 Å². The van der Waals surface area contributed by atoms with Gasteiger partial charge in [0.25, 0.3) is 0 Å². The monoisotopic (exact) mass is 254 g/mol. The fraction of sp³-hybridized carbons (Fsp3) is 1.00. The first-order chi connectivity index (χ1) is 4.01. The summed E-state index contributed by atoms with van der Waals surface area (Å²) in [5.74, 6) is 0. The van der Waals surface area contributed by atoms with Gasteiger partial charge in [0.2, 0.25) is 0 Å². The minimum atomic E-state index is 0.544. The highest BCUT2D eigenvalue weighted by Crippen LogP contribution is 2.43. The summed E-state index contributed by atoms with van der Waals surface area (Å²) in [4.78, 5) is 1.37. The lowest BCUT2D eigenvalue weighted by Gasteiger charge is -2.14. The average Bonchev–Trinajstić information content (AvgIpc) is 1.79. The summed E-state index contributed by atoms with van der Waals surface area (Å²) >= 11 is 7.26. The molecule has 1 aliphatic rings. The third-order valence-corrected chi connectivity index (χ3v) is 4.52. The molecule has 0 aliphatic heterocycles. The maximum Gasteiger partial charge on any atom is 0.0276 e. The van der Waals surface area contributed by atoms with Gasteiger partial charge in [0.05, 0.1) is 0 Å². The van der Waals surface area contributed by atoms with E-state index in [2.05, 4.69) is 45.7 Å². The van der Waals surface area contributed by atoms with Crippen LogP contribution < -0.4 is 0 Å². The fourth-order valence-electron chi connectivity index (χ4n) is 1.39. The summed E-state index contributed by atoms with van der Waals surface area (Å²) in [6.07, 6.45) is 2.59. The first-order valence-corrected chi connectivity index (χ1v) is 5.12. The Morgan fingerprint density at radius 3 is 1.56 bits per heavy atom. The van der Waals surface area contributed by atoms with Gasteiger partial charge in [0.1, 0.15) is 0 Å². The van der Waals surface area contributed by atoms with Crippen LogP contribution in [-0.2, 0) is 0 Å². The summed E-state index contributed by atoms with van der Waals surface area (Å²) in [5, 5.41) is 0. The SMILES string of the molecule is CC1(C)C[C@@H](Br)[C@H](Br)C1. The minimum Gasteiger partial charge on any atom is -0.0878 e. The fourth-order valence-corrected chi connectivity index (χ4v) is 3.52. The van der Waals surface area contributed by atoms with Gasteiger partial charge >= 0.3 is 0 Å². The summed E-state index contributed by atoms with van der Waals surface area (Å²) in [6, 6.07) is 0. The maximum atomic E-state index is 3.63. The van der Waals surface area contributed by atoms with E-state index in [1.54, 1.807) is 0 Å². The highest BCUT2D eigenvalue weighted by atomic mass is 79.9. The molecule has 1 rings (SSSR count). The quantitative estimate of drug-likeness (QED) is 0.583. The van der Waals surface area contributed by atoms with Crippen molar-refractivity contribution in [2.75, 3.05) is 0 Å². The molecular formula is C7H12Br2. The molecule has 1 fully saturated rings. The van der Waals surface area contributed by atoms with Gasteiger partial charge < -0.3 is 0 Å². The third kappa shape index (κ3) is 1.94. The molecule has 9 heavy (non-hydrogen) atoms. The standard InChI is InChI=1S/C7H12Br2/c1-7(2)3-5(8)6(9)4-7/h5-6H,3-4H2,1-2H3/t5-,6-/m1/s1. The zero-order valence-corrected chi connectivity index (χ0v) is 9.00. The summed E-state index contributed by atoms with van der Waals surface area (Å²) in [6.45, 7) is 4.64. The van der Waals surface area contributed by atoms with Gasteiger partial charge in [-0.2, -0.15) is 0 Å². The Balaban J connectivity index is 2.54. The van der Waals surface area contributed by atoms with Gasteiger partial charge in [-0.1, -0.05) is 45.7 Å². The molecule has 0 amide bonds. The molecule has 0 aromatic heterocycles. The number of alkyl halides is 2. The predicted octanol–water partition coefficient (Wildman–Crippen LogP) is 3.33. The predicted molar refractivity (Wildman–Crippen MR) is 48.4 cm³/mol. The smallest absolute Gasteiger partial charge is 0.0276 e. The van der Waals surface area contributed by atoms with Crippen LogP contribution in [0.3, 0.4) is 0 Å². The van der Waals surface area contributed by atoms with Gasteiger partial charge in [-0.05, 0) is 18.3 Å². The molecule has 0 bridgehead atoms. The molecular weight excluding hydrogens is 244 g/mol. The largest absolute Gasteiger partial charge is 0.0878 e. The lowest BCUT2D eigenvalue weighted by molar-refractivity contribution is 0.385. The van der Waals surface area contributed by atoms with Crippen molar-refractivity contribution in [2.45, 2.75) is 36.3 Å². The van der Waals surface area contributed by atoms with Crippen LogP contribution >= 0.6 is 31.9 Å². The Bertz CT molecular complexity index is 97.5. The molecule has 0 N–H and O–H groups in total. The second-order valence-corrected chi connectivity index (χ2v) is 5.96. The van der Waals surface area contributed by atoms with Crippen molar-refractivity contribution in [2.24, 2.45) is 5.41 Å². The van der Waals surface area contributed by atoms with E-state index in [1.807, 2.05) is 0 Å². The first kappa shape index (κ1) is 8.06. The maximum absolute atomic E-state index is 3.63. The highest BCUT2D eigenvalue weighted by Gasteiger charge is 2.35. The molecule has 1 saturated carbocycles. The van der Waals surface area contributed by atoms with Crippen LogP contribution in [0.25, 0.3) is 0 Å². The van der Waals surface area contributed by atoms with Crippen molar-refractivity contribution in [3.63, 3.8) is 0 Å². The second-order valence-electron chi connectivity index (χ2n) is 3.60. The third-order valence-electron chi connectivity index (χ3n) is 1.89. The van der Waals surface area contributed by atoms with Gasteiger partial charge in [-0.15, -0.1) is 0 Å². The molecule has 0 unspecified atom stereocenters. The van der Waals surface area contributed by atoms with Gasteiger partial charge in [0, 0.05) is 9.65 Å². The average molecular weight is 256 g/mol. The van der Waals surface area contributed by atoms with Crippen LogP contribution in [0.2, 0.25) is 0 Å². The van der Waals surface area contributed by atoms with E-state index in [-0.39, 0.29) is 0 Å². The molecule has 2 heteroatoms. The van der Waals surface area contributed by atoms with Crippen molar-refractivity contribution in [3.05, 3.63) is 0 Å². The normalized spacial score (nSPS) is 41.3. The zero-order valence-electron chi connectivity index (χ0n) is 5.82. The Kier molecular flexibility index (Phi) is 2.27. The lowest BCUT2D eigenvalue weighted by Crippen LogP contribution is -2.04. The second kappa shape index (κ2) is 2.54. The Morgan fingerprint density at radius 1 is 1.11 bits per heavy atom. The number of hydrogen-bond acceptors (Lipinski definition) is 0. The van der Waals surface area contributed by atoms with Crippen LogP contribution in [0.15, 0.2) is 0 Å². The lowest BCUT2D eigenvalue weighted by atomic mass is 9.92. The van der Waals surface area contributed by atoms with Crippen molar-refractivity contribution in [1.29, 1.82) is 0 Å². The Morgan fingerprint density at radius 2 is 1.44 bits per heavy atom. The molecule has 0 spiro atoms. The molecule has 54 valence electrons. The zero-order chi connectivity index (χ0) is 7.07. The summed E-state index contributed by atoms with van der Waals surface area (Å²) < 4.78 is 0. The van der Waals surface area contributed by atoms with Gasteiger partial charge in [-0.25, -0.2) is 0 Å². The van der Waals surface area contributed by atoms with Crippen molar-refractivity contribution in [3.8, 4) is 0 Å². The summed E-state index contributed by atoms with van der Waals surface area (Å²) in [7, 11) is 0. The van der Waals surface area contributed by atoms with E-state index in [0.29, 0.717) is 15.1 Å². The van der Waals surface area contributed by atoms with Crippen LogP contribution in [0, 0.1) is 5.41 Å². The van der Waals surface area contributed by atoms with E-state index in [9.17, 15) is 0 Å². The molecule has 0 saturated heterocycles. The summed E-state index contributed by atoms with van der Waals surface area (Å²) in [5.41, 5.74) is 0.544. The van der Waals surface area contributed by atoms with Crippen molar-refractivity contribution in [1.82, 2.24) is 0 Å². The molecule has 2 atom stereocenters. The van der Waals surface area contributed by atoms with E-state index >= 15 is 0 Å². The van der Waals surface area contributed by atoms with Gasteiger partial charge in [-0.3, -0.25) is 0 Å². The Labute approximate surface area is 73.7 Å². The number of rotatable bonds is 0.